The number of carbonyl (C=O) groups is 1. The molecule has 3 rings (SSSR count). The normalized spacial score (nSPS) is 11.2. The summed E-state index contributed by atoms with van der Waals surface area (Å²) < 4.78 is 35.1. The minimum Gasteiger partial charge on any atom is -0.493 e. The lowest BCUT2D eigenvalue weighted by atomic mass is 10.2. The van der Waals surface area contributed by atoms with Gasteiger partial charge in [-0.1, -0.05) is 35.9 Å². The molecule has 3 aromatic carbocycles. The molecule has 0 aromatic heterocycles. The van der Waals surface area contributed by atoms with E-state index in [9.17, 15) is 13.2 Å². The SMILES string of the molecule is COc1cc(/C=N/NS(=O)(=O)c2ccc(C)cc2)ccc1OC(=O)Nc1ccccc1. The van der Waals surface area contributed by atoms with E-state index in [1.165, 1.54) is 31.5 Å². The van der Waals surface area contributed by atoms with Gasteiger partial charge < -0.3 is 9.47 Å². The maximum Gasteiger partial charge on any atom is 0.417 e. The number of methoxy groups -OCH3 is 1. The maximum atomic E-state index is 12.3. The van der Waals surface area contributed by atoms with Crippen molar-refractivity contribution in [2.45, 2.75) is 11.8 Å². The molecule has 0 saturated heterocycles. The third-order valence-electron chi connectivity index (χ3n) is 4.13. The molecule has 0 aliphatic rings. The quantitative estimate of drug-likeness (QED) is 0.429. The summed E-state index contributed by atoms with van der Waals surface area (Å²) in [6.45, 7) is 1.87. The number of para-hydroxylation sites is 1. The Morgan fingerprint density at radius 2 is 1.68 bits per heavy atom. The van der Waals surface area contributed by atoms with Crippen molar-refractivity contribution in [2.75, 3.05) is 12.4 Å². The smallest absolute Gasteiger partial charge is 0.417 e. The van der Waals surface area contributed by atoms with E-state index in [-0.39, 0.29) is 16.4 Å². The Kier molecular flexibility index (Phi) is 6.88. The molecule has 0 atom stereocenters. The second kappa shape index (κ2) is 9.77. The van der Waals surface area contributed by atoms with Crippen molar-refractivity contribution in [3.8, 4) is 11.5 Å². The van der Waals surface area contributed by atoms with Crippen molar-refractivity contribution in [2.24, 2.45) is 5.10 Å². The number of anilines is 1. The van der Waals surface area contributed by atoms with Gasteiger partial charge in [-0.25, -0.2) is 9.63 Å². The first-order chi connectivity index (χ1) is 14.9. The van der Waals surface area contributed by atoms with Gasteiger partial charge in [0.1, 0.15) is 0 Å². The molecule has 3 aromatic rings. The van der Waals surface area contributed by atoms with Crippen molar-refractivity contribution in [3.05, 3.63) is 83.9 Å². The van der Waals surface area contributed by atoms with E-state index in [2.05, 4.69) is 15.2 Å². The van der Waals surface area contributed by atoms with Crippen molar-refractivity contribution in [3.63, 3.8) is 0 Å². The van der Waals surface area contributed by atoms with E-state index in [1.807, 2.05) is 13.0 Å². The van der Waals surface area contributed by atoms with E-state index in [1.54, 1.807) is 48.5 Å². The van der Waals surface area contributed by atoms with Crippen LogP contribution >= 0.6 is 0 Å². The largest absolute Gasteiger partial charge is 0.493 e. The monoisotopic (exact) mass is 439 g/mol. The Hall–Kier alpha value is -3.85. The average molecular weight is 439 g/mol. The number of amides is 1. The zero-order valence-corrected chi connectivity index (χ0v) is 17.7. The highest BCUT2D eigenvalue weighted by Crippen LogP contribution is 2.28. The molecule has 0 heterocycles. The summed E-state index contributed by atoms with van der Waals surface area (Å²) in [6.07, 6.45) is 0.652. The van der Waals surface area contributed by atoms with Gasteiger partial charge in [-0.15, -0.1) is 0 Å². The molecule has 0 spiro atoms. The van der Waals surface area contributed by atoms with Gasteiger partial charge in [0.15, 0.2) is 11.5 Å². The van der Waals surface area contributed by atoms with Crippen LogP contribution in [-0.4, -0.2) is 27.8 Å². The molecule has 0 aliphatic heterocycles. The number of carbonyl (C=O) groups excluding carboxylic acids is 1. The molecule has 8 nitrogen and oxygen atoms in total. The number of aryl methyl sites for hydroxylation is 1. The van der Waals surface area contributed by atoms with Gasteiger partial charge in [-0.2, -0.15) is 13.5 Å². The van der Waals surface area contributed by atoms with Crippen LogP contribution in [0.1, 0.15) is 11.1 Å². The lowest BCUT2D eigenvalue weighted by molar-refractivity contribution is 0.213. The Morgan fingerprint density at radius 1 is 0.968 bits per heavy atom. The molecule has 31 heavy (non-hydrogen) atoms. The van der Waals surface area contributed by atoms with E-state index in [0.717, 1.165) is 5.56 Å². The lowest BCUT2D eigenvalue weighted by Crippen LogP contribution is -2.18. The molecule has 0 bridgehead atoms. The Morgan fingerprint density at radius 3 is 2.35 bits per heavy atom. The van der Waals surface area contributed by atoms with Gasteiger partial charge in [0.2, 0.25) is 0 Å². The summed E-state index contributed by atoms with van der Waals surface area (Å²) in [7, 11) is -2.34. The lowest BCUT2D eigenvalue weighted by Gasteiger charge is -2.10. The van der Waals surface area contributed by atoms with Crippen LogP contribution in [0.4, 0.5) is 10.5 Å². The summed E-state index contributed by atoms with van der Waals surface area (Å²) in [5.74, 6) is 0.488. The average Bonchev–Trinajstić information content (AvgIpc) is 2.75. The molecule has 0 radical (unpaired) electrons. The van der Waals surface area contributed by atoms with Crippen LogP contribution in [0, 0.1) is 6.92 Å². The van der Waals surface area contributed by atoms with Crippen molar-refractivity contribution < 1.29 is 22.7 Å². The summed E-state index contributed by atoms with van der Waals surface area (Å²) in [5, 5.41) is 6.40. The summed E-state index contributed by atoms with van der Waals surface area (Å²) in [4.78, 5) is 14.4. The standard InChI is InChI=1S/C22H21N3O5S/c1-16-8-11-19(12-9-16)31(27,28)25-23-15-17-10-13-20(21(14-17)29-2)30-22(26)24-18-6-4-3-5-7-18/h3-15,25H,1-2H3,(H,24,26)/b23-15+. The number of hydrazone groups is 1. The van der Waals surface area contributed by atoms with Crippen molar-refractivity contribution in [1.29, 1.82) is 0 Å². The highest BCUT2D eigenvalue weighted by Gasteiger charge is 2.13. The minimum absolute atomic E-state index is 0.112. The Balaban J connectivity index is 1.66. The van der Waals surface area contributed by atoms with Crippen LogP contribution < -0.4 is 19.6 Å². The Bertz CT molecular complexity index is 1180. The molecule has 1 amide bonds. The first-order valence-corrected chi connectivity index (χ1v) is 10.7. The molecule has 2 N–H and O–H groups in total. The number of nitrogens with one attached hydrogen (secondary N) is 2. The number of benzene rings is 3. The summed E-state index contributed by atoms with van der Waals surface area (Å²) in [5.41, 5.74) is 2.09. The number of hydrogen-bond donors (Lipinski definition) is 2. The van der Waals surface area contributed by atoms with E-state index in [4.69, 9.17) is 9.47 Å². The Labute approximate surface area is 180 Å². The molecular formula is C22H21N3O5S. The topological polar surface area (TPSA) is 106 Å². The van der Waals surface area contributed by atoms with E-state index >= 15 is 0 Å². The number of rotatable bonds is 7. The molecule has 0 unspecified atom stereocenters. The number of nitrogens with zero attached hydrogens (tertiary/aromatic N) is 1. The molecule has 0 fully saturated rings. The number of hydrogen-bond acceptors (Lipinski definition) is 6. The van der Waals surface area contributed by atoms with Crippen molar-refractivity contribution in [1.82, 2.24) is 4.83 Å². The number of ether oxygens (including phenoxy) is 2. The van der Waals surface area contributed by atoms with Gasteiger partial charge in [-0.05, 0) is 55.0 Å². The molecule has 0 saturated carbocycles. The zero-order valence-electron chi connectivity index (χ0n) is 16.9. The third-order valence-corrected chi connectivity index (χ3v) is 5.37. The number of sulfonamides is 1. The van der Waals surface area contributed by atoms with Gasteiger partial charge >= 0.3 is 6.09 Å². The summed E-state index contributed by atoms with van der Waals surface area (Å²) in [6, 6.07) is 20.0. The second-order valence-corrected chi connectivity index (χ2v) is 8.12. The third kappa shape index (κ3) is 6.06. The van der Waals surface area contributed by atoms with Gasteiger partial charge in [0.25, 0.3) is 10.0 Å². The van der Waals surface area contributed by atoms with Crippen LogP contribution in [0.2, 0.25) is 0 Å². The first-order valence-electron chi connectivity index (χ1n) is 9.21. The zero-order chi connectivity index (χ0) is 22.3. The van der Waals surface area contributed by atoms with Crippen LogP contribution in [0.15, 0.2) is 82.8 Å². The highest BCUT2D eigenvalue weighted by atomic mass is 32.2. The summed E-state index contributed by atoms with van der Waals surface area (Å²) >= 11 is 0. The molecule has 160 valence electrons. The van der Waals surface area contributed by atoms with Crippen LogP contribution in [0.5, 0.6) is 11.5 Å². The van der Waals surface area contributed by atoms with Crippen LogP contribution in [0.3, 0.4) is 0 Å². The van der Waals surface area contributed by atoms with Crippen molar-refractivity contribution >= 4 is 28.0 Å². The molecule has 0 aliphatic carbocycles. The fourth-order valence-corrected chi connectivity index (χ4v) is 3.35. The predicted molar refractivity (Wildman–Crippen MR) is 118 cm³/mol. The van der Waals surface area contributed by atoms with Gasteiger partial charge in [0, 0.05) is 5.69 Å². The fraction of sp³-hybridized carbons (Fsp3) is 0.0909. The second-order valence-electron chi connectivity index (χ2n) is 6.46. The van der Waals surface area contributed by atoms with Gasteiger partial charge in [0.05, 0.1) is 18.2 Å². The first kappa shape index (κ1) is 21.8. The molecule has 9 heteroatoms. The van der Waals surface area contributed by atoms with Crippen LogP contribution in [-0.2, 0) is 10.0 Å². The molecular weight excluding hydrogens is 418 g/mol. The predicted octanol–water partition coefficient (Wildman–Crippen LogP) is 3.93. The minimum atomic E-state index is -3.77. The fourth-order valence-electron chi connectivity index (χ4n) is 2.55. The highest BCUT2D eigenvalue weighted by molar-refractivity contribution is 7.89. The van der Waals surface area contributed by atoms with Crippen LogP contribution in [0.25, 0.3) is 0 Å². The van der Waals surface area contributed by atoms with Gasteiger partial charge in [-0.3, -0.25) is 5.32 Å². The van der Waals surface area contributed by atoms with E-state index in [0.29, 0.717) is 11.3 Å². The van der Waals surface area contributed by atoms with E-state index < -0.39 is 16.1 Å². The maximum absolute atomic E-state index is 12.3.